The first-order valence-electron chi connectivity index (χ1n) is 4.44. The molecule has 0 rings (SSSR count). The Bertz CT molecular complexity index is 177. The maximum absolute atomic E-state index is 11.7. The first-order chi connectivity index (χ1) is 6.49. The first kappa shape index (κ1) is 13.1. The van der Waals surface area contributed by atoms with Crippen LogP contribution in [-0.2, 0) is 0 Å². The van der Waals surface area contributed by atoms with Gasteiger partial charge in [-0.05, 0) is 12.8 Å². The van der Waals surface area contributed by atoms with Crippen LogP contribution in [0.2, 0.25) is 0 Å². The number of unbranched alkanes of at least 4 members (excludes halogenated alkanes) is 1. The zero-order valence-corrected chi connectivity index (χ0v) is 8.41. The maximum Gasteiger partial charge on any atom is 0.389 e. The Morgan fingerprint density at radius 2 is 1.93 bits per heavy atom. The van der Waals surface area contributed by atoms with Crippen molar-refractivity contribution < 1.29 is 13.2 Å². The molecule has 0 aromatic heterocycles. The topological polar surface area (TPSA) is 36.4 Å². The lowest BCUT2D eigenvalue weighted by atomic mass is 10.2. The highest BCUT2D eigenvalue weighted by Gasteiger charge is 2.25. The fraction of sp³-hybridized carbons (Fsp3) is 0.875. The third kappa shape index (κ3) is 7.70. The summed E-state index contributed by atoms with van der Waals surface area (Å²) in [6.45, 7) is 0.504. The normalized spacial score (nSPS) is 12.8. The van der Waals surface area contributed by atoms with Gasteiger partial charge in [0, 0.05) is 27.1 Å². The molecular formula is C8H16F3N3. The van der Waals surface area contributed by atoms with Crippen LogP contribution in [-0.4, -0.2) is 32.8 Å². The van der Waals surface area contributed by atoms with Gasteiger partial charge >= 0.3 is 6.18 Å². The van der Waals surface area contributed by atoms with Gasteiger partial charge in [0.05, 0.1) is 0 Å². The zero-order valence-electron chi connectivity index (χ0n) is 8.41. The van der Waals surface area contributed by atoms with Crippen LogP contribution in [0.15, 0.2) is 4.99 Å². The second kappa shape index (κ2) is 6.50. The molecular weight excluding hydrogens is 195 g/mol. The molecule has 84 valence electrons. The van der Waals surface area contributed by atoms with E-state index in [2.05, 4.69) is 15.6 Å². The Kier molecular flexibility index (Phi) is 6.07. The van der Waals surface area contributed by atoms with E-state index in [9.17, 15) is 13.2 Å². The van der Waals surface area contributed by atoms with E-state index in [1.54, 1.807) is 14.1 Å². The lowest BCUT2D eigenvalue weighted by Gasteiger charge is -2.09. The van der Waals surface area contributed by atoms with Crippen molar-refractivity contribution in [1.82, 2.24) is 10.6 Å². The molecule has 2 N–H and O–H groups in total. The molecule has 3 nitrogen and oxygen atoms in total. The summed E-state index contributed by atoms with van der Waals surface area (Å²) in [4.78, 5) is 3.83. The summed E-state index contributed by atoms with van der Waals surface area (Å²) in [5.41, 5.74) is 0. The lowest BCUT2D eigenvalue weighted by molar-refractivity contribution is -0.135. The second-order valence-electron chi connectivity index (χ2n) is 2.82. The Hall–Kier alpha value is -0.940. The SMILES string of the molecule is CN=C(NC)NCCCCC(F)(F)F. The van der Waals surface area contributed by atoms with Gasteiger partial charge in [0.2, 0.25) is 0 Å². The number of nitrogens with one attached hydrogen (secondary N) is 2. The number of hydrogen-bond donors (Lipinski definition) is 2. The monoisotopic (exact) mass is 211 g/mol. The average molecular weight is 211 g/mol. The quantitative estimate of drug-likeness (QED) is 0.420. The fourth-order valence-electron chi connectivity index (χ4n) is 0.936. The average Bonchev–Trinajstić information content (AvgIpc) is 2.09. The Morgan fingerprint density at radius 1 is 1.29 bits per heavy atom. The summed E-state index contributed by atoms with van der Waals surface area (Å²) in [6.07, 6.45) is -4.12. The van der Waals surface area contributed by atoms with E-state index in [0.29, 0.717) is 18.9 Å². The number of aliphatic imine (C=N–C) groups is 1. The van der Waals surface area contributed by atoms with E-state index in [-0.39, 0.29) is 6.42 Å². The minimum absolute atomic E-state index is 0.150. The van der Waals surface area contributed by atoms with Crippen molar-refractivity contribution in [1.29, 1.82) is 0 Å². The van der Waals surface area contributed by atoms with E-state index in [1.807, 2.05) is 0 Å². The molecule has 6 heteroatoms. The van der Waals surface area contributed by atoms with Crippen LogP contribution >= 0.6 is 0 Å². The molecule has 0 aliphatic heterocycles. The summed E-state index contributed by atoms with van der Waals surface area (Å²) >= 11 is 0. The number of rotatable bonds is 4. The van der Waals surface area contributed by atoms with Gasteiger partial charge in [0.25, 0.3) is 0 Å². The van der Waals surface area contributed by atoms with Crippen LogP contribution < -0.4 is 10.6 Å². The van der Waals surface area contributed by atoms with Gasteiger partial charge in [-0.2, -0.15) is 13.2 Å². The van der Waals surface area contributed by atoms with Crippen LogP contribution in [0.3, 0.4) is 0 Å². The number of alkyl halides is 3. The minimum atomic E-state index is -4.04. The van der Waals surface area contributed by atoms with E-state index in [1.165, 1.54) is 0 Å². The number of hydrogen-bond acceptors (Lipinski definition) is 1. The van der Waals surface area contributed by atoms with Gasteiger partial charge in [-0.1, -0.05) is 0 Å². The number of nitrogens with zero attached hydrogens (tertiary/aromatic N) is 1. The van der Waals surface area contributed by atoms with E-state index < -0.39 is 12.6 Å². The molecule has 0 aromatic carbocycles. The van der Waals surface area contributed by atoms with Crippen molar-refractivity contribution in [2.45, 2.75) is 25.4 Å². The van der Waals surface area contributed by atoms with Crippen LogP contribution in [0.5, 0.6) is 0 Å². The summed E-state index contributed by atoms with van der Waals surface area (Å²) in [6, 6.07) is 0. The van der Waals surface area contributed by atoms with Crippen LogP contribution in [0.4, 0.5) is 13.2 Å². The van der Waals surface area contributed by atoms with Crippen molar-refractivity contribution >= 4 is 5.96 Å². The molecule has 0 unspecified atom stereocenters. The van der Waals surface area contributed by atoms with Crippen molar-refractivity contribution in [3.8, 4) is 0 Å². The van der Waals surface area contributed by atoms with Crippen molar-refractivity contribution in [3.63, 3.8) is 0 Å². The molecule has 0 spiro atoms. The van der Waals surface area contributed by atoms with Crippen LogP contribution in [0, 0.1) is 0 Å². The van der Waals surface area contributed by atoms with Crippen LogP contribution in [0.1, 0.15) is 19.3 Å². The molecule has 0 fully saturated rings. The number of halogens is 3. The molecule has 0 bridgehead atoms. The van der Waals surface area contributed by atoms with Gasteiger partial charge in [-0.3, -0.25) is 4.99 Å². The van der Waals surface area contributed by atoms with E-state index >= 15 is 0 Å². The molecule has 0 atom stereocenters. The Labute approximate surface area is 81.8 Å². The molecule has 0 saturated carbocycles. The van der Waals surface area contributed by atoms with E-state index in [4.69, 9.17) is 0 Å². The Morgan fingerprint density at radius 3 is 2.36 bits per heavy atom. The summed E-state index contributed by atoms with van der Waals surface area (Å²) in [5.74, 6) is 0.594. The van der Waals surface area contributed by atoms with Gasteiger partial charge in [-0.15, -0.1) is 0 Å². The van der Waals surface area contributed by atoms with Crippen LogP contribution in [0.25, 0.3) is 0 Å². The predicted octanol–water partition coefficient (Wildman–Crippen LogP) is 1.51. The molecule has 0 saturated heterocycles. The van der Waals surface area contributed by atoms with Crippen molar-refractivity contribution in [2.24, 2.45) is 4.99 Å². The smallest absolute Gasteiger partial charge is 0.359 e. The second-order valence-corrected chi connectivity index (χ2v) is 2.82. The third-order valence-corrected chi connectivity index (χ3v) is 1.64. The first-order valence-corrected chi connectivity index (χ1v) is 4.44. The molecule has 14 heavy (non-hydrogen) atoms. The van der Waals surface area contributed by atoms with Gasteiger partial charge in [0.1, 0.15) is 0 Å². The molecule has 0 radical (unpaired) electrons. The Balaban J connectivity index is 3.39. The zero-order chi connectivity index (χ0) is 11.0. The molecule has 0 aliphatic rings. The maximum atomic E-state index is 11.7. The summed E-state index contributed by atoms with van der Waals surface area (Å²) in [5, 5.41) is 5.65. The molecule has 0 aliphatic carbocycles. The largest absolute Gasteiger partial charge is 0.389 e. The molecule has 0 aromatic rings. The predicted molar refractivity (Wildman–Crippen MR) is 50.3 cm³/mol. The van der Waals surface area contributed by atoms with Gasteiger partial charge in [-0.25, -0.2) is 0 Å². The van der Waals surface area contributed by atoms with Gasteiger partial charge < -0.3 is 10.6 Å². The van der Waals surface area contributed by atoms with Gasteiger partial charge in [0.15, 0.2) is 5.96 Å². The molecule has 0 amide bonds. The highest BCUT2D eigenvalue weighted by atomic mass is 19.4. The lowest BCUT2D eigenvalue weighted by Crippen LogP contribution is -2.35. The minimum Gasteiger partial charge on any atom is -0.359 e. The van der Waals surface area contributed by atoms with Crippen molar-refractivity contribution in [2.75, 3.05) is 20.6 Å². The third-order valence-electron chi connectivity index (χ3n) is 1.64. The highest BCUT2D eigenvalue weighted by Crippen LogP contribution is 2.21. The van der Waals surface area contributed by atoms with E-state index in [0.717, 1.165) is 0 Å². The van der Waals surface area contributed by atoms with Crippen molar-refractivity contribution in [3.05, 3.63) is 0 Å². The highest BCUT2D eigenvalue weighted by molar-refractivity contribution is 5.79. The fourth-order valence-corrected chi connectivity index (χ4v) is 0.936. The number of guanidine groups is 1. The molecule has 0 heterocycles. The standard InChI is InChI=1S/C8H16F3N3/c1-12-7(13-2)14-6-4-3-5-8(9,10)11/h3-6H2,1-2H3,(H2,12,13,14). The summed E-state index contributed by atoms with van der Waals surface area (Å²) in [7, 11) is 3.31. The summed E-state index contributed by atoms with van der Waals surface area (Å²) < 4.78 is 35.2.